The molecule has 7 heteroatoms. The van der Waals surface area contributed by atoms with E-state index in [1.165, 1.54) is 21.3 Å². The van der Waals surface area contributed by atoms with Gasteiger partial charge in [0.2, 0.25) is 0 Å². The molecule has 0 saturated carbocycles. The summed E-state index contributed by atoms with van der Waals surface area (Å²) in [5.74, 6) is 0.807. The van der Waals surface area contributed by atoms with E-state index in [1.807, 2.05) is 19.1 Å². The molecule has 5 rings (SSSR count). The lowest BCUT2D eigenvalue weighted by molar-refractivity contribution is -0.0348. The second kappa shape index (κ2) is 8.42. The third-order valence-electron chi connectivity index (χ3n) is 5.89. The summed E-state index contributed by atoms with van der Waals surface area (Å²) >= 11 is 1.65. The molecule has 1 atom stereocenters. The van der Waals surface area contributed by atoms with Gasteiger partial charge in [0.05, 0.1) is 18.0 Å². The standard InChI is InChI=1S/C24H27N5OS/c1-16-17(2)31-24(25-16)27-23-10-6-8-20(26-23)22-15-29(11-12-30-22)14-18-13-28(3)21-9-5-4-7-19(18)21/h4-10,13,22H,11-12,14-15H2,1-3H3,(H,25,26,27)/t22-/m1/s1. The average molecular weight is 434 g/mol. The van der Waals surface area contributed by atoms with Gasteiger partial charge in [0.15, 0.2) is 5.13 Å². The van der Waals surface area contributed by atoms with Crippen molar-refractivity contribution in [3.8, 4) is 0 Å². The van der Waals surface area contributed by atoms with Crippen molar-refractivity contribution in [2.75, 3.05) is 25.0 Å². The molecule has 0 spiro atoms. The summed E-state index contributed by atoms with van der Waals surface area (Å²) in [5, 5.41) is 5.55. The Morgan fingerprint density at radius 1 is 1.13 bits per heavy atom. The third kappa shape index (κ3) is 4.21. The molecule has 1 aliphatic rings. The Hall–Kier alpha value is -2.74. The number of hydrogen-bond acceptors (Lipinski definition) is 6. The van der Waals surface area contributed by atoms with Crippen molar-refractivity contribution in [2.24, 2.45) is 7.05 Å². The zero-order chi connectivity index (χ0) is 21.4. The van der Waals surface area contributed by atoms with Crippen LogP contribution in [-0.2, 0) is 18.3 Å². The summed E-state index contributed by atoms with van der Waals surface area (Å²) < 4.78 is 8.31. The maximum Gasteiger partial charge on any atom is 0.188 e. The molecule has 4 aromatic rings. The lowest BCUT2D eigenvalue weighted by Gasteiger charge is -2.32. The molecule has 4 heterocycles. The second-order valence-corrected chi connectivity index (χ2v) is 9.31. The number of fused-ring (bicyclic) bond motifs is 1. The summed E-state index contributed by atoms with van der Waals surface area (Å²) in [6.45, 7) is 7.49. The molecule has 1 saturated heterocycles. The molecule has 31 heavy (non-hydrogen) atoms. The van der Waals surface area contributed by atoms with Crippen LogP contribution in [-0.4, -0.2) is 39.1 Å². The Morgan fingerprint density at radius 2 is 2.00 bits per heavy atom. The van der Waals surface area contributed by atoms with Gasteiger partial charge in [-0.1, -0.05) is 24.3 Å². The van der Waals surface area contributed by atoms with Crippen LogP contribution in [0.2, 0.25) is 0 Å². The maximum absolute atomic E-state index is 6.10. The van der Waals surface area contributed by atoms with Gasteiger partial charge in [0.25, 0.3) is 0 Å². The van der Waals surface area contributed by atoms with Crippen LogP contribution in [0.25, 0.3) is 10.9 Å². The molecule has 0 unspecified atom stereocenters. The molecule has 160 valence electrons. The molecular formula is C24H27N5OS. The number of thiazole rings is 1. The van der Waals surface area contributed by atoms with Crippen LogP contribution in [0.15, 0.2) is 48.7 Å². The number of benzene rings is 1. The fourth-order valence-corrected chi connectivity index (χ4v) is 4.98. The van der Waals surface area contributed by atoms with Crippen molar-refractivity contribution in [1.82, 2.24) is 19.4 Å². The van der Waals surface area contributed by atoms with E-state index in [0.29, 0.717) is 6.61 Å². The molecule has 1 aromatic carbocycles. The van der Waals surface area contributed by atoms with E-state index < -0.39 is 0 Å². The molecule has 1 N–H and O–H groups in total. The number of aromatic nitrogens is 3. The van der Waals surface area contributed by atoms with Crippen molar-refractivity contribution in [3.63, 3.8) is 0 Å². The van der Waals surface area contributed by atoms with Gasteiger partial charge in [-0.05, 0) is 37.6 Å². The van der Waals surface area contributed by atoms with Crippen LogP contribution in [0.3, 0.4) is 0 Å². The van der Waals surface area contributed by atoms with Crippen molar-refractivity contribution in [2.45, 2.75) is 26.5 Å². The molecule has 3 aromatic heterocycles. The fourth-order valence-electron chi connectivity index (χ4n) is 4.15. The molecule has 1 fully saturated rings. The monoisotopic (exact) mass is 433 g/mol. The van der Waals surface area contributed by atoms with Crippen LogP contribution >= 0.6 is 11.3 Å². The SMILES string of the molecule is Cc1nc(Nc2cccc([C@H]3CN(Cc4cn(C)c5ccccc45)CCO3)n2)sc1C. The van der Waals surface area contributed by atoms with Crippen molar-refractivity contribution in [1.29, 1.82) is 0 Å². The van der Waals surface area contributed by atoms with Gasteiger partial charge in [0, 0.05) is 48.7 Å². The number of hydrogen-bond donors (Lipinski definition) is 1. The number of anilines is 2. The molecule has 0 aliphatic carbocycles. The third-order valence-corrected chi connectivity index (χ3v) is 6.88. The zero-order valence-corrected chi connectivity index (χ0v) is 18.9. The second-order valence-electron chi connectivity index (χ2n) is 8.11. The van der Waals surface area contributed by atoms with Crippen LogP contribution < -0.4 is 5.32 Å². The minimum atomic E-state index is -0.0368. The predicted octanol–water partition coefficient (Wildman–Crippen LogP) is 4.96. The number of nitrogens with one attached hydrogen (secondary N) is 1. The normalized spacial score (nSPS) is 17.3. The van der Waals surface area contributed by atoms with Crippen LogP contribution in [0.1, 0.15) is 27.9 Å². The first-order valence-electron chi connectivity index (χ1n) is 10.6. The van der Waals surface area contributed by atoms with E-state index in [2.05, 4.69) is 70.3 Å². The lowest BCUT2D eigenvalue weighted by Crippen LogP contribution is -2.38. The van der Waals surface area contributed by atoms with Crippen molar-refractivity contribution in [3.05, 3.63) is 70.5 Å². The Bertz CT molecular complexity index is 1190. The minimum absolute atomic E-state index is 0.0368. The number of ether oxygens (including phenoxy) is 1. The summed E-state index contributed by atoms with van der Waals surface area (Å²) in [7, 11) is 2.11. The van der Waals surface area contributed by atoms with Gasteiger partial charge in [-0.3, -0.25) is 4.90 Å². The van der Waals surface area contributed by atoms with Gasteiger partial charge < -0.3 is 14.6 Å². The van der Waals surface area contributed by atoms with E-state index in [-0.39, 0.29) is 6.10 Å². The lowest BCUT2D eigenvalue weighted by atomic mass is 10.1. The highest BCUT2D eigenvalue weighted by Gasteiger charge is 2.24. The van der Waals surface area contributed by atoms with Gasteiger partial charge in [0.1, 0.15) is 11.9 Å². The van der Waals surface area contributed by atoms with Crippen molar-refractivity contribution >= 4 is 33.2 Å². The molecule has 0 bridgehead atoms. The van der Waals surface area contributed by atoms with Crippen LogP contribution in [0.4, 0.5) is 10.9 Å². The quantitative estimate of drug-likeness (QED) is 0.482. The summed E-state index contributed by atoms with van der Waals surface area (Å²) in [5.41, 5.74) is 4.65. The number of morpholine rings is 1. The summed E-state index contributed by atoms with van der Waals surface area (Å²) in [6, 6.07) is 14.7. The number of aryl methyl sites for hydroxylation is 3. The highest BCUT2D eigenvalue weighted by molar-refractivity contribution is 7.15. The first kappa shape index (κ1) is 20.2. The highest BCUT2D eigenvalue weighted by atomic mass is 32.1. The zero-order valence-electron chi connectivity index (χ0n) is 18.1. The highest BCUT2D eigenvalue weighted by Crippen LogP contribution is 2.28. The van der Waals surface area contributed by atoms with Crippen molar-refractivity contribution < 1.29 is 4.74 Å². The summed E-state index contributed by atoms with van der Waals surface area (Å²) in [4.78, 5) is 13.1. The van der Waals surface area contributed by atoms with E-state index >= 15 is 0 Å². The first-order valence-corrected chi connectivity index (χ1v) is 11.4. The predicted molar refractivity (Wildman–Crippen MR) is 126 cm³/mol. The Kier molecular flexibility index (Phi) is 5.48. The van der Waals surface area contributed by atoms with Gasteiger partial charge in [-0.15, -0.1) is 11.3 Å². The van der Waals surface area contributed by atoms with E-state index in [9.17, 15) is 0 Å². The first-order chi connectivity index (χ1) is 15.1. The maximum atomic E-state index is 6.10. The number of pyridine rings is 1. The van der Waals surface area contributed by atoms with Gasteiger partial charge >= 0.3 is 0 Å². The Morgan fingerprint density at radius 3 is 2.84 bits per heavy atom. The fraction of sp³-hybridized carbons (Fsp3) is 0.333. The number of para-hydroxylation sites is 1. The number of rotatable bonds is 5. The average Bonchev–Trinajstić information content (AvgIpc) is 3.26. The van der Waals surface area contributed by atoms with Gasteiger partial charge in [-0.2, -0.15) is 0 Å². The largest absolute Gasteiger partial charge is 0.369 e. The molecular weight excluding hydrogens is 406 g/mol. The molecule has 0 amide bonds. The van der Waals surface area contributed by atoms with Crippen LogP contribution in [0, 0.1) is 13.8 Å². The topological polar surface area (TPSA) is 55.2 Å². The molecule has 0 radical (unpaired) electrons. The molecule has 1 aliphatic heterocycles. The van der Waals surface area contributed by atoms with E-state index in [4.69, 9.17) is 9.72 Å². The minimum Gasteiger partial charge on any atom is -0.369 e. The molecule has 6 nitrogen and oxygen atoms in total. The van der Waals surface area contributed by atoms with E-state index in [0.717, 1.165) is 42.0 Å². The Balaban J connectivity index is 1.31. The Labute approximate surface area is 186 Å². The van der Waals surface area contributed by atoms with Gasteiger partial charge in [-0.25, -0.2) is 9.97 Å². The van der Waals surface area contributed by atoms with Crippen LogP contribution in [0.5, 0.6) is 0 Å². The smallest absolute Gasteiger partial charge is 0.188 e. The van der Waals surface area contributed by atoms with E-state index in [1.54, 1.807) is 11.3 Å². The summed E-state index contributed by atoms with van der Waals surface area (Å²) in [6.07, 6.45) is 2.21. The number of nitrogens with zero attached hydrogens (tertiary/aromatic N) is 4.